The number of alkyl halides is 3. The van der Waals surface area contributed by atoms with Crippen LogP contribution < -0.4 is 15.6 Å². The minimum atomic E-state index is -4.41. The maximum atomic E-state index is 12.5. The summed E-state index contributed by atoms with van der Waals surface area (Å²) >= 11 is 3.14. The molecule has 1 atom stereocenters. The Labute approximate surface area is 149 Å². The Balaban J connectivity index is 1.86. The number of hydrogen-bond acceptors (Lipinski definition) is 5. The number of anilines is 1. The van der Waals surface area contributed by atoms with Crippen LogP contribution in [0.25, 0.3) is 0 Å². The second-order valence-corrected chi connectivity index (χ2v) is 5.96. The maximum Gasteiger partial charge on any atom is 0.416 e. The number of aromatic nitrogens is 2. The fourth-order valence-corrected chi connectivity index (χ4v) is 2.35. The van der Waals surface area contributed by atoms with Crippen LogP contribution in [0.15, 0.2) is 39.7 Å². The predicted octanol–water partition coefficient (Wildman–Crippen LogP) is 2.41. The summed E-state index contributed by atoms with van der Waals surface area (Å²) in [4.78, 5) is 11.7. The van der Waals surface area contributed by atoms with Crippen molar-refractivity contribution in [2.45, 2.75) is 12.3 Å². The maximum absolute atomic E-state index is 12.5. The lowest BCUT2D eigenvalue weighted by Crippen LogP contribution is -2.28. The second-order valence-electron chi connectivity index (χ2n) is 5.17. The molecule has 1 aromatic carbocycles. The van der Waals surface area contributed by atoms with Crippen molar-refractivity contribution in [3.05, 3.63) is 50.9 Å². The Hall–Kier alpha value is -2.07. The number of benzene rings is 1. The lowest BCUT2D eigenvalue weighted by atomic mass is 10.2. The molecule has 1 unspecified atom stereocenters. The standard InChI is InChI=1S/C15H15BrF3N3O3/c1-22-14(24)13(16)12(7-21-22)20-6-10(23)8-25-11-4-2-9(3-5-11)15(17,18)19/h2-5,7,10,20,23H,6,8H2,1H3. The van der Waals surface area contributed by atoms with E-state index in [1.807, 2.05) is 0 Å². The van der Waals surface area contributed by atoms with Crippen LogP contribution in [0.2, 0.25) is 0 Å². The average Bonchev–Trinajstić information content (AvgIpc) is 2.57. The molecule has 0 amide bonds. The predicted molar refractivity (Wildman–Crippen MR) is 88.6 cm³/mol. The van der Waals surface area contributed by atoms with Crippen molar-refractivity contribution in [3.8, 4) is 5.75 Å². The van der Waals surface area contributed by atoms with E-state index < -0.39 is 17.8 Å². The molecule has 0 saturated carbocycles. The van der Waals surface area contributed by atoms with Gasteiger partial charge in [0.2, 0.25) is 0 Å². The normalized spacial score (nSPS) is 12.7. The summed E-state index contributed by atoms with van der Waals surface area (Å²) in [5.41, 5.74) is -0.692. The van der Waals surface area contributed by atoms with E-state index in [1.54, 1.807) is 0 Å². The van der Waals surface area contributed by atoms with Gasteiger partial charge in [-0.05, 0) is 40.2 Å². The van der Waals surface area contributed by atoms with Crippen molar-refractivity contribution in [1.29, 1.82) is 0 Å². The molecule has 6 nitrogen and oxygen atoms in total. The number of aliphatic hydroxyl groups is 1. The molecule has 1 aromatic heterocycles. The molecule has 2 aromatic rings. The van der Waals surface area contributed by atoms with Crippen molar-refractivity contribution in [2.75, 3.05) is 18.5 Å². The summed E-state index contributed by atoms with van der Waals surface area (Å²) in [6, 6.07) is 4.18. The molecule has 0 aliphatic rings. The van der Waals surface area contributed by atoms with Gasteiger partial charge in [0.15, 0.2) is 0 Å². The van der Waals surface area contributed by atoms with Crippen molar-refractivity contribution in [3.63, 3.8) is 0 Å². The molecular formula is C15H15BrF3N3O3. The van der Waals surface area contributed by atoms with Gasteiger partial charge in [0.25, 0.3) is 5.56 Å². The minimum absolute atomic E-state index is 0.0636. The lowest BCUT2D eigenvalue weighted by Gasteiger charge is -2.15. The summed E-state index contributed by atoms with van der Waals surface area (Å²) in [7, 11) is 1.50. The average molecular weight is 422 g/mol. The van der Waals surface area contributed by atoms with Gasteiger partial charge in [-0.15, -0.1) is 0 Å². The summed E-state index contributed by atoms with van der Waals surface area (Å²) in [6.07, 6.45) is -3.93. The summed E-state index contributed by atoms with van der Waals surface area (Å²) in [6.45, 7) is -0.0671. The van der Waals surface area contributed by atoms with Crippen molar-refractivity contribution < 1.29 is 23.0 Å². The summed E-state index contributed by atoms with van der Waals surface area (Å²) in [5.74, 6) is 0.212. The molecule has 0 fully saturated rings. The van der Waals surface area contributed by atoms with Gasteiger partial charge in [0, 0.05) is 13.6 Å². The first-order valence-electron chi connectivity index (χ1n) is 7.12. The molecule has 136 valence electrons. The highest BCUT2D eigenvalue weighted by atomic mass is 79.9. The highest BCUT2D eigenvalue weighted by Crippen LogP contribution is 2.30. The van der Waals surface area contributed by atoms with Crippen LogP contribution in [0.3, 0.4) is 0 Å². The van der Waals surface area contributed by atoms with Crippen LogP contribution in [0.5, 0.6) is 5.75 Å². The molecule has 0 spiro atoms. The van der Waals surface area contributed by atoms with E-state index in [0.29, 0.717) is 5.69 Å². The number of nitrogens with zero attached hydrogens (tertiary/aromatic N) is 2. The SMILES string of the molecule is Cn1ncc(NCC(O)COc2ccc(C(F)(F)F)cc2)c(Br)c1=O. The smallest absolute Gasteiger partial charge is 0.416 e. The van der Waals surface area contributed by atoms with Crippen molar-refractivity contribution in [2.24, 2.45) is 7.05 Å². The first-order valence-corrected chi connectivity index (χ1v) is 7.91. The van der Waals surface area contributed by atoms with Crippen LogP contribution >= 0.6 is 15.9 Å². The zero-order chi connectivity index (χ0) is 18.6. The van der Waals surface area contributed by atoms with Crippen LogP contribution in [0.4, 0.5) is 18.9 Å². The van der Waals surface area contributed by atoms with Gasteiger partial charge in [0.1, 0.15) is 22.9 Å². The van der Waals surface area contributed by atoms with Crippen LogP contribution in [0.1, 0.15) is 5.56 Å². The number of aliphatic hydroxyl groups excluding tert-OH is 1. The van der Waals surface area contributed by atoms with Gasteiger partial charge in [-0.2, -0.15) is 18.3 Å². The van der Waals surface area contributed by atoms with Crippen LogP contribution in [-0.2, 0) is 13.2 Å². The summed E-state index contributed by atoms with van der Waals surface area (Å²) in [5, 5.41) is 16.6. The van der Waals surface area contributed by atoms with Crippen LogP contribution in [0, 0.1) is 0 Å². The Morgan fingerprint density at radius 2 is 2.00 bits per heavy atom. The third-order valence-electron chi connectivity index (χ3n) is 3.23. The highest BCUT2D eigenvalue weighted by molar-refractivity contribution is 9.10. The van der Waals surface area contributed by atoms with Gasteiger partial charge in [-0.3, -0.25) is 4.79 Å². The molecule has 0 bridgehead atoms. The first-order chi connectivity index (χ1) is 11.7. The molecule has 2 rings (SSSR count). The third-order valence-corrected chi connectivity index (χ3v) is 4.00. The van der Waals surface area contributed by atoms with E-state index in [4.69, 9.17) is 4.74 Å². The van der Waals surface area contributed by atoms with E-state index in [1.165, 1.54) is 25.4 Å². The van der Waals surface area contributed by atoms with Gasteiger partial charge >= 0.3 is 6.18 Å². The Kier molecular flexibility index (Phi) is 6.07. The van der Waals surface area contributed by atoms with Gasteiger partial charge < -0.3 is 15.2 Å². The van der Waals surface area contributed by atoms with E-state index in [0.717, 1.165) is 16.8 Å². The Morgan fingerprint density at radius 3 is 2.60 bits per heavy atom. The number of hydrogen-bond donors (Lipinski definition) is 2. The zero-order valence-corrected chi connectivity index (χ0v) is 14.6. The third kappa shape index (κ3) is 5.20. The van der Waals surface area contributed by atoms with Crippen molar-refractivity contribution in [1.82, 2.24) is 9.78 Å². The first kappa shape index (κ1) is 19.3. The fourth-order valence-electron chi connectivity index (χ4n) is 1.85. The van der Waals surface area contributed by atoms with Gasteiger partial charge in [-0.1, -0.05) is 0 Å². The topological polar surface area (TPSA) is 76.4 Å². The largest absolute Gasteiger partial charge is 0.491 e. The van der Waals surface area contributed by atoms with E-state index >= 15 is 0 Å². The van der Waals surface area contributed by atoms with E-state index in [2.05, 4.69) is 26.3 Å². The number of aryl methyl sites for hydroxylation is 1. The molecule has 10 heteroatoms. The number of nitrogens with one attached hydrogen (secondary N) is 1. The molecule has 2 N–H and O–H groups in total. The number of rotatable bonds is 6. The van der Waals surface area contributed by atoms with Gasteiger partial charge in [0.05, 0.1) is 17.4 Å². The lowest BCUT2D eigenvalue weighted by molar-refractivity contribution is -0.137. The molecule has 0 radical (unpaired) electrons. The molecule has 25 heavy (non-hydrogen) atoms. The molecular weight excluding hydrogens is 407 g/mol. The Morgan fingerprint density at radius 1 is 1.36 bits per heavy atom. The van der Waals surface area contributed by atoms with E-state index in [9.17, 15) is 23.1 Å². The molecule has 1 heterocycles. The molecule has 0 saturated heterocycles. The van der Waals surface area contributed by atoms with E-state index in [-0.39, 0.29) is 28.9 Å². The van der Waals surface area contributed by atoms with Crippen LogP contribution in [-0.4, -0.2) is 34.1 Å². The highest BCUT2D eigenvalue weighted by Gasteiger charge is 2.30. The molecule has 0 aliphatic carbocycles. The Bertz CT molecular complexity index is 778. The molecule has 0 aliphatic heterocycles. The number of ether oxygens (including phenoxy) is 1. The monoisotopic (exact) mass is 421 g/mol. The quantitative estimate of drug-likeness (QED) is 0.748. The summed E-state index contributed by atoms with van der Waals surface area (Å²) < 4.78 is 44.1. The second kappa shape index (κ2) is 7.87. The number of halogens is 4. The van der Waals surface area contributed by atoms with Gasteiger partial charge in [-0.25, -0.2) is 4.68 Å². The minimum Gasteiger partial charge on any atom is -0.491 e. The van der Waals surface area contributed by atoms with Crippen molar-refractivity contribution >= 4 is 21.6 Å². The zero-order valence-electron chi connectivity index (χ0n) is 13.0. The fraction of sp³-hybridized carbons (Fsp3) is 0.333.